The maximum absolute atomic E-state index is 13.0. The van der Waals surface area contributed by atoms with Crippen LogP contribution in [0.3, 0.4) is 0 Å². The lowest BCUT2D eigenvalue weighted by molar-refractivity contribution is 0.0754. The van der Waals surface area contributed by atoms with Gasteiger partial charge in [0.05, 0.1) is 5.52 Å². The number of rotatable bonds is 2. The normalized spacial score (nSPS) is 22.9. The Balaban J connectivity index is 1.51. The van der Waals surface area contributed by atoms with Gasteiger partial charge >= 0.3 is 0 Å². The van der Waals surface area contributed by atoms with E-state index >= 15 is 0 Å². The topological polar surface area (TPSA) is 41.4 Å². The van der Waals surface area contributed by atoms with Crippen LogP contribution >= 0.6 is 11.8 Å². The Morgan fingerprint density at radius 2 is 2.08 bits per heavy atom. The molecule has 1 aromatic heterocycles. The molecule has 6 heteroatoms. The van der Waals surface area contributed by atoms with Crippen LogP contribution in [0.4, 0.5) is 0 Å². The summed E-state index contributed by atoms with van der Waals surface area (Å²) in [7, 11) is 1.90. The monoisotopic (exact) mass is 344 g/mol. The molecule has 0 spiro atoms. The summed E-state index contributed by atoms with van der Waals surface area (Å²) in [6, 6.07) is 8.68. The molecule has 4 rings (SSSR count). The van der Waals surface area contributed by atoms with Crippen molar-refractivity contribution >= 4 is 28.6 Å². The molecule has 2 aliphatic rings. The highest BCUT2D eigenvalue weighted by Crippen LogP contribution is 2.24. The zero-order valence-electron chi connectivity index (χ0n) is 14.1. The van der Waals surface area contributed by atoms with Gasteiger partial charge in [-0.3, -0.25) is 14.4 Å². The fourth-order valence-corrected chi connectivity index (χ4v) is 5.09. The summed E-state index contributed by atoms with van der Waals surface area (Å²) in [6.07, 6.45) is 2.35. The summed E-state index contributed by atoms with van der Waals surface area (Å²) in [5, 5.41) is 5.46. The molecule has 1 unspecified atom stereocenters. The van der Waals surface area contributed by atoms with E-state index < -0.39 is 0 Å². The van der Waals surface area contributed by atoms with Crippen LogP contribution in [0.15, 0.2) is 24.3 Å². The average molecular weight is 344 g/mol. The lowest BCUT2D eigenvalue weighted by atomic mass is 10.2. The lowest BCUT2D eigenvalue weighted by Gasteiger charge is -2.26. The number of thioether (sulfide) groups is 1. The van der Waals surface area contributed by atoms with Gasteiger partial charge in [-0.15, -0.1) is 0 Å². The predicted octanol–water partition coefficient (Wildman–Crippen LogP) is 2.23. The van der Waals surface area contributed by atoms with E-state index in [2.05, 4.69) is 21.8 Å². The summed E-state index contributed by atoms with van der Waals surface area (Å²) in [5.41, 5.74) is 1.61. The second-order valence-electron chi connectivity index (χ2n) is 6.69. The number of hydrogen-bond acceptors (Lipinski definition) is 4. The molecule has 128 valence electrons. The number of nitrogens with zero attached hydrogens (tertiary/aromatic N) is 4. The lowest BCUT2D eigenvalue weighted by Crippen LogP contribution is -2.39. The van der Waals surface area contributed by atoms with Crippen LogP contribution in [0.2, 0.25) is 0 Å². The Morgan fingerprint density at radius 1 is 1.21 bits per heavy atom. The van der Waals surface area contributed by atoms with Crippen LogP contribution < -0.4 is 0 Å². The largest absolute Gasteiger partial charge is 0.336 e. The Hall–Kier alpha value is -1.53. The molecule has 24 heavy (non-hydrogen) atoms. The zero-order valence-corrected chi connectivity index (χ0v) is 15.0. The van der Waals surface area contributed by atoms with Crippen molar-refractivity contribution in [2.24, 2.45) is 7.05 Å². The van der Waals surface area contributed by atoms with E-state index in [0.717, 1.165) is 43.5 Å². The van der Waals surface area contributed by atoms with Gasteiger partial charge in [0.1, 0.15) is 0 Å². The molecular formula is C18H24N4OS. The first-order valence-electron chi connectivity index (χ1n) is 8.77. The number of aromatic nitrogens is 2. The van der Waals surface area contributed by atoms with Crippen molar-refractivity contribution in [3.8, 4) is 0 Å². The Morgan fingerprint density at radius 3 is 2.92 bits per heavy atom. The molecule has 2 fully saturated rings. The number of benzene rings is 1. The Labute approximate surface area is 147 Å². The highest BCUT2D eigenvalue weighted by Gasteiger charge is 2.28. The van der Waals surface area contributed by atoms with Crippen LogP contribution in [-0.4, -0.2) is 69.2 Å². The molecule has 2 saturated heterocycles. The zero-order chi connectivity index (χ0) is 16.5. The maximum Gasteiger partial charge on any atom is 0.275 e. The fraction of sp³-hybridized carbons (Fsp3) is 0.556. The van der Waals surface area contributed by atoms with Crippen molar-refractivity contribution < 1.29 is 4.79 Å². The summed E-state index contributed by atoms with van der Waals surface area (Å²) in [5.74, 6) is 2.61. The molecule has 0 radical (unpaired) electrons. The molecule has 2 aromatic rings. The van der Waals surface area contributed by atoms with E-state index in [-0.39, 0.29) is 5.91 Å². The van der Waals surface area contributed by atoms with Gasteiger partial charge in [0.15, 0.2) is 5.69 Å². The van der Waals surface area contributed by atoms with Crippen LogP contribution in [0.25, 0.3) is 10.9 Å². The van der Waals surface area contributed by atoms with E-state index in [1.165, 1.54) is 17.9 Å². The van der Waals surface area contributed by atoms with Crippen molar-refractivity contribution in [2.45, 2.75) is 18.9 Å². The van der Waals surface area contributed by atoms with E-state index in [1.807, 2.05) is 40.9 Å². The van der Waals surface area contributed by atoms with Crippen molar-refractivity contribution in [3.05, 3.63) is 30.0 Å². The van der Waals surface area contributed by atoms with Gasteiger partial charge in [-0.2, -0.15) is 16.9 Å². The molecular weight excluding hydrogens is 320 g/mol. The third-order valence-electron chi connectivity index (χ3n) is 5.20. The molecule has 1 atom stereocenters. The van der Waals surface area contributed by atoms with Crippen LogP contribution in [0.1, 0.15) is 23.3 Å². The van der Waals surface area contributed by atoms with Gasteiger partial charge in [-0.05, 0) is 24.7 Å². The van der Waals surface area contributed by atoms with Gasteiger partial charge in [0.2, 0.25) is 0 Å². The van der Waals surface area contributed by atoms with Gasteiger partial charge in [-0.1, -0.05) is 18.2 Å². The second-order valence-corrected chi connectivity index (χ2v) is 7.84. The molecule has 1 aromatic carbocycles. The quantitative estimate of drug-likeness (QED) is 0.838. The fourth-order valence-electron chi connectivity index (χ4n) is 3.84. The SMILES string of the molecule is Cn1nc(C(=O)N2CCCN(C3CCSC3)CC2)c2ccccc21. The number of amides is 1. The number of para-hydroxylation sites is 1. The minimum Gasteiger partial charge on any atom is -0.336 e. The smallest absolute Gasteiger partial charge is 0.275 e. The van der Waals surface area contributed by atoms with Gasteiger partial charge < -0.3 is 4.90 Å². The minimum absolute atomic E-state index is 0.0782. The molecule has 0 N–H and O–H groups in total. The van der Waals surface area contributed by atoms with E-state index in [4.69, 9.17) is 0 Å². The highest BCUT2D eigenvalue weighted by molar-refractivity contribution is 7.99. The summed E-state index contributed by atoms with van der Waals surface area (Å²) in [4.78, 5) is 17.6. The molecule has 3 heterocycles. The summed E-state index contributed by atoms with van der Waals surface area (Å²) < 4.78 is 1.81. The van der Waals surface area contributed by atoms with Gasteiger partial charge in [0.25, 0.3) is 5.91 Å². The average Bonchev–Trinajstić information content (AvgIpc) is 3.17. The highest BCUT2D eigenvalue weighted by atomic mass is 32.2. The first-order valence-corrected chi connectivity index (χ1v) is 9.92. The number of fused-ring (bicyclic) bond motifs is 1. The van der Waals surface area contributed by atoms with E-state index in [1.54, 1.807) is 0 Å². The predicted molar refractivity (Wildman–Crippen MR) is 98.5 cm³/mol. The molecule has 2 aliphatic heterocycles. The number of hydrogen-bond donors (Lipinski definition) is 0. The number of carbonyl (C=O) groups is 1. The molecule has 1 amide bonds. The Kier molecular flexibility index (Phi) is 4.50. The first-order chi connectivity index (χ1) is 11.7. The van der Waals surface area contributed by atoms with Crippen molar-refractivity contribution in [3.63, 3.8) is 0 Å². The number of carbonyl (C=O) groups excluding carboxylic acids is 1. The second kappa shape index (κ2) is 6.76. The van der Waals surface area contributed by atoms with Crippen LogP contribution in [-0.2, 0) is 7.05 Å². The molecule has 0 saturated carbocycles. The van der Waals surface area contributed by atoms with E-state index in [9.17, 15) is 4.79 Å². The van der Waals surface area contributed by atoms with Crippen molar-refractivity contribution in [1.29, 1.82) is 0 Å². The molecule has 5 nitrogen and oxygen atoms in total. The van der Waals surface area contributed by atoms with Crippen LogP contribution in [0, 0.1) is 0 Å². The van der Waals surface area contributed by atoms with E-state index in [0.29, 0.717) is 11.7 Å². The maximum atomic E-state index is 13.0. The molecule has 0 bridgehead atoms. The van der Waals surface area contributed by atoms with Gasteiger partial charge in [0, 0.05) is 50.4 Å². The number of aryl methyl sites for hydroxylation is 1. The van der Waals surface area contributed by atoms with Crippen molar-refractivity contribution in [2.75, 3.05) is 37.7 Å². The molecule has 0 aliphatic carbocycles. The summed E-state index contributed by atoms with van der Waals surface area (Å²) in [6.45, 7) is 3.74. The third kappa shape index (κ3) is 2.93. The standard InChI is InChI=1S/C18H24N4OS/c1-20-16-6-3-2-5-15(16)17(19-20)18(23)22-9-4-8-21(10-11-22)14-7-12-24-13-14/h2-3,5-6,14H,4,7-13H2,1H3. The Bertz CT molecular complexity index is 738. The first kappa shape index (κ1) is 16.0. The minimum atomic E-state index is 0.0782. The summed E-state index contributed by atoms with van der Waals surface area (Å²) >= 11 is 2.06. The third-order valence-corrected chi connectivity index (χ3v) is 6.34. The van der Waals surface area contributed by atoms with Gasteiger partial charge in [-0.25, -0.2) is 0 Å². The van der Waals surface area contributed by atoms with Crippen LogP contribution in [0.5, 0.6) is 0 Å². The van der Waals surface area contributed by atoms with Crippen molar-refractivity contribution in [1.82, 2.24) is 19.6 Å².